The van der Waals surface area contributed by atoms with Crippen LogP contribution in [0.4, 0.5) is 0 Å². The summed E-state index contributed by atoms with van der Waals surface area (Å²) in [5.74, 6) is 0. The van der Waals surface area contributed by atoms with E-state index in [1.54, 1.807) is 19.1 Å². The van der Waals surface area contributed by atoms with Crippen molar-refractivity contribution in [3.8, 4) is 0 Å². The van der Waals surface area contributed by atoms with Gasteiger partial charge in [-0.05, 0) is 43.9 Å². The van der Waals surface area contributed by atoms with Crippen molar-refractivity contribution in [1.29, 1.82) is 0 Å². The van der Waals surface area contributed by atoms with Gasteiger partial charge in [-0.15, -0.1) is 0 Å². The summed E-state index contributed by atoms with van der Waals surface area (Å²) >= 11 is 0. The first-order valence-electron chi connectivity index (χ1n) is 6.61. The Labute approximate surface area is 116 Å². The highest BCUT2D eigenvalue weighted by molar-refractivity contribution is 7.89. The number of hydrogen-bond acceptors (Lipinski definition) is 3. The van der Waals surface area contributed by atoms with E-state index in [0.717, 1.165) is 24.0 Å². The van der Waals surface area contributed by atoms with E-state index in [1.807, 2.05) is 26.8 Å². The molecule has 0 aromatic heterocycles. The van der Waals surface area contributed by atoms with Crippen LogP contribution in [0.2, 0.25) is 0 Å². The van der Waals surface area contributed by atoms with Gasteiger partial charge in [0.1, 0.15) is 0 Å². The Bertz CT molecular complexity index is 534. The molecule has 0 radical (unpaired) electrons. The maximum absolute atomic E-state index is 12.5. The van der Waals surface area contributed by atoms with Gasteiger partial charge in [-0.2, -0.15) is 0 Å². The molecule has 108 valence electrons. The monoisotopic (exact) mass is 284 g/mol. The Morgan fingerprint density at radius 1 is 1.26 bits per heavy atom. The number of aryl methyl sites for hydroxylation is 1. The molecule has 0 aliphatic rings. The second-order valence-corrected chi connectivity index (χ2v) is 6.83. The molecule has 19 heavy (non-hydrogen) atoms. The number of hydrogen-bond donors (Lipinski definition) is 2. The summed E-state index contributed by atoms with van der Waals surface area (Å²) < 4.78 is 27.8. The lowest BCUT2D eigenvalue weighted by atomic mass is 9.98. The molecule has 0 aliphatic heterocycles. The Morgan fingerprint density at radius 3 is 2.32 bits per heavy atom. The number of nitrogens with two attached hydrogens (primary N) is 1. The largest absolute Gasteiger partial charge is 0.326 e. The van der Waals surface area contributed by atoms with Gasteiger partial charge >= 0.3 is 0 Å². The van der Waals surface area contributed by atoms with Gasteiger partial charge in [-0.25, -0.2) is 13.1 Å². The third-order valence-electron chi connectivity index (χ3n) is 3.72. The quantitative estimate of drug-likeness (QED) is 0.842. The van der Waals surface area contributed by atoms with E-state index in [0.29, 0.717) is 11.4 Å². The molecule has 0 amide bonds. The molecular weight excluding hydrogens is 260 g/mol. The Hall–Kier alpha value is -0.910. The number of benzene rings is 1. The minimum Gasteiger partial charge on any atom is -0.326 e. The van der Waals surface area contributed by atoms with Gasteiger partial charge in [0.05, 0.1) is 4.90 Å². The van der Waals surface area contributed by atoms with Crippen molar-refractivity contribution in [2.45, 2.75) is 57.5 Å². The molecule has 0 bridgehead atoms. The SMILES string of the molecule is CCC(C)(CC)NS(=O)(=O)c1cc(CN)ccc1C. The topological polar surface area (TPSA) is 72.2 Å². The molecule has 0 atom stereocenters. The zero-order valence-electron chi connectivity index (χ0n) is 12.2. The number of nitrogens with one attached hydrogen (secondary N) is 1. The van der Waals surface area contributed by atoms with E-state index in [-0.39, 0.29) is 0 Å². The summed E-state index contributed by atoms with van der Waals surface area (Å²) in [6.45, 7) is 8.02. The van der Waals surface area contributed by atoms with Crippen molar-refractivity contribution < 1.29 is 8.42 Å². The fraction of sp³-hybridized carbons (Fsp3) is 0.571. The van der Waals surface area contributed by atoms with Crippen molar-refractivity contribution in [3.05, 3.63) is 29.3 Å². The fourth-order valence-corrected chi connectivity index (χ4v) is 3.68. The molecule has 0 fully saturated rings. The third-order valence-corrected chi connectivity index (χ3v) is 5.50. The van der Waals surface area contributed by atoms with Gasteiger partial charge in [0.15, 0.2) is 0 Å². The maximum Gasteiger partial charge on any atom is 0.241 e. The van der Waals surface area contributed by atoms with Crippen LogP contribution in [-0.4, -0.2) is 14.0 Å². The van der Waals surface area contributed by atoms with E-state index in [9.17, 15) is 8.42 Å². The second kappa shape index (κ2) is 6.03. The predicted molar refractivity (Wildman–Crippen MR) is 78.4 cm³/mol. The summed E-state index contributed by atoms with van der Waals surface area (Å²) in [5.41, 5.74) is 6.72. The molecule has 5 heteroatoms. The maximum atomic E-state index is 12.5. The van der Waals surface area contributed by atoms with Crippen LogP contribution in [0.3, 0.4) is 0 Å². The van der Waals surface area contributed by atoms with Gasteiger partial charge < -0.3 is 5.73 Å². The van der Waals surface area contributed by atoms with Gasteiger partial charge in [0, 0.05) is 12.1 Å². The molecule has 0 saturated heterocycles. The standard InChI is InChI=1S/C14H24N2O2S/c1-5-14(4,6-2)16-19(17,18)13-9-12(10-15)8-7-11(13)3/h7-9,16H,5-6,10,15H2,1-4H3. The van der Waals surface area contributed by atoms with E-state index >= 15 is 0 Å². The van der Waals surface area contributed by atoms with Crippen LogP contribution in [0.1, 0.15) is 44.7 Å². The average molecular weight is 284 g/mol. The summed E-state index contributed by atoms with van der Waals surface area (Å²) in [6.07, 6.45) is 1.50. The molecule has 4 nitrogen and oxygen atoms in total. The smallest absolute Gasteiger partial charge is 0.241 e. The van der Waals surface area contributed by atoms with Gasteiger partial charge in [-0.3, -0.25) is 0 Å². The summed E-state index contributed by atoms with van der Waals surface area (Å²) in [6, 6.07) is 5.31. The van der Waals surface area contributed by atoms with Crippen molar-refractivity contribution in [3.63, 3.8) is 0 Å². The Morgan fingerprint density at radius 2 is 1.84 bits per heavy atom. The highest BCUT2D eigenvalue weighted by atomic mass is 32.2. The normalized spacial score (nSPS) is 12.7. The molecule has 1 aromatic carbocycles. The van der Waals surface area contributed by atoms with E-state index in [4.69, 9.17) is 5.73 Å². The lowest BCUT2D eigenvalue weighted by molar-refractivity contribution is 0.388. The van der Waals surface area contributed by atoms with Gasteiger partial charge in [-0.1, -0.05) is 26.0 Å². The predicted octanol–water partition coefficient (Wildman–Crippen LogP) is 2.31. The van der Waals surface area contributed by atoms with Gasteiger partial charge in [0.2, 0.25) is 10.0 Å². The first kappa shape index (κ1) is 16.1. The van der Waals surface area contributed by atoms with Crippen LogP contribution in [0.15, 0.2) is 23.1 Å². The fourth-order valence-electron chi connectivity index (χ4n) is 1.83. The second-order valence-electron chi connectivity index (χ2n) is 5.18. The highest BCUT2D eigenvalue weighted by Gasteiger charge is 2.28. The zero-order valence-corrected chi connectivity index (χ0v) is 13.0. The van der Waals surface area contributed by atoms with Crippen molar-refractivity contribution in [2.24, 2.45) is 5.73 Å². The molecule has 0 spiro atoms. The lowest BCUT2D eigenvalue weighted by Gasteiger charge is -2.28. The number of rotatable bonds is 6. The zero-order chi connectivity index (χ0) is 14.7. The van der Waals surface area contributed by atoms with Crippen LogP contribution < -0.4 is 10.5 Å². The highest BCUT2D eigenvalue weighted by Crippen LogP contribution is 2.22. The molecule has 1 aromatic rings. The first-order valence-corrected chi connectivity index (χ1v) is 8.10. The van der Waals surface area contributed by atoms with Crippen LogP contribution in [0.5, 0.6) is 0 Å². The van der Waals surface area contributed by atoms with Crippen LogP contribution in [0.25, 0.3) is 0 Å². The average Bonchev–Trinajstić information content (AvgIpc) is 2.38. The Kier molecular flexibility index (Phi) is 5.12. The molecular formula is C14H24N2O2S. The van der Waals surface area contributed by atoms with E-state index in [1.165, 1.54) is 0 Å². The summed E-state index contributed by atoms with van der Waals surface area (Å²) in [7, 11) is -3.51. The summed E-state index contributed by atoms with van der Waals surface area (Å²) in [5, 5.41) is 0. The minimum absolute atomic E-state index is 0.323. The van der Waals surface area contributed by atoms with Crippen LogP contribution in [-0.2, 0) is 16.6 Å². The third kappa shape index (κ3) is 3.78. The first-order chi connectivity index (χ1) is 8.78. The number of sulfonamides is 1. The van der Waals surface area contributed by atoms with Crippen molar-refractivity contribution in [1.82, 2.24) is 4.72 Å². The molecule has 0 aliphatic carbocycles. The lowest BCUT2D eigenvalue weighted by Crippen LogP contribution is -2.45. The van der Waals surface area contributed by atoms with Crippen LogP contribution >= 0.6 is 0 Å². The van der Waals surface area contributed by atoms with Crippen LogP contribution in [0, 0.1) is 6.92 Å². The van der Waals surface area contributed by atoms with Gasteiger partial charge in [0.25, 0.3) is 0 Å². The molecule has 1 rings (SSSR count). The van der Waals surface area contributed by atoms with E-state index < -0.39 is 15.6 Å². The minimum atomic E-state index is -3.51. The molecule has 0 unspecified atom stereocenters. The molecule has 3 N–H and O–H groups in total. The van der Waals surface area contributed by atoms with E-state index in [2.05, 4.69) is 4.72 Å². The molecule has 0 heterocycles. The van der Waals surface area contributed by atoms with Crippen molar-refractivity contribution in [2.75, 3.05) is 0 Å². The Balaban J connectivity index is 3.20. The summed E-state index contributed by atoms with van der Waals surface area (Å²) in [4.78, 5) is 0.323. The van der Waals surface area contributed by atoms with Crippen molar-refractivity contribution >= 4 is 10.0 Å². The molecule has 0 saturated carbocycles.